The van der Waals surface area contributed by atoms with Crippen molar-refractivity contribution in [3.8, 4) is 0 Å². The zero-order valence-electron chi connectivity index (χ0n) is 15.6. The summed E-state index contributed by atoms with van der Waals surface area (Å²) in [6.45, 7) is 1.49. The van der Waals surface area contributed by atoms with Gasteiger partial charge in [0.15, 0.2) is 22.3 Å². The number of hydrogen-bond donors (Lipinski definition) is 2. The Bertz CT molecular complexity index is 849. The molecular formula is C16H18ClFN3O7S2+. The van der Waals surface area contributed by atoms with Crippen molar-refractivity contribution < 1.29 is 37.6 Å². The van der Waals surface area contributed by atoms with Crippen LogP contribution in [0.3, 0.4) is 0 Å². The molecule has 0 aromatic carbocycles. The van der Waals surface area contributed by atoms with Gasteiger partial charge in [-0.2, -0.15) is 0 Å². The molecule has 0 amide bonds. The monoisotopic (exact) mass is 482 g/mol. The maximum atomic E-state index is 14.5. The number of aliphatic imine (C=N–C) groups is 1. The first-order valence-corrected chi connectivity index (χ1v) is 11.0. The quantitative estimate of drug-likeness (QED) is 0.325. The Morgan fingerprint density at radius 2 is 2.20 bits per heavy atom. The molecular weight excluding hydrogens is 465 g/mol. The molecule has 10 nitrogen and oxygen atoms in total. The SMILES string of the molecule is CC(=O)OC1COCC1OC(=O)CSC1=C(Cl)CC(O)(F)C(N=C2CS[N+](=O)N2)=C1. The molecule has 0 radical (unpaired) electrons. The number of nitrogens with one attached hydrogen (secondary N) is 1. The summed E-state index contributed by atoms with van der Waals surface area (Å²) >= 11 is 7.93. The summed E-state index contributed by atoms with van der Waals surface area (Å²) in [7, 11) is 0. The summed E-state index contributed by atoms with van der Waals surface area (Å²) in [4.78, 5) is 38.7. The highest BCUT2D eigenvalue weighted by molar-refractivity contribution is 8.03. The zero-order valence-corrected chi connectivity index (χ0v) is 18.0. The van der Waals surface area contributed by atoms with Gasteiger partial charge >= 0.3 is 11.9 Å². The minimum Gasteiger partial charge on any atom is -0.456 e. The summed E-state index contributed by atoms with van der Waals surface area (Å²) < 4.78 is 30.5. The lowest BCUT2D eigenvalue weighted by Crippen LogP contribution is -2.34. The normalized spacial score (nSPS) is 30.3. The number of carbonyl (C=O) groups is 2. The number of nitroso groups, excluding NO2 is 1. The Labute approximate surface area is 183 Å². The summed E-state index contributed by atoms with van der Waals surface area (Å²) in [5.41, 5.74) is 2.03. The molecule has 3 atom stereocenters. The molecule has 0 aromatic rings. The van der Waals surface area contributed by atoms with Crippen molar-refractivity contribution in [2.24, 2.45) is 4.99 Å². The van der Waals surface area contributed by atoms with E-state index in [-0.39, 0.29) is 41.3 Å². The second kappa shape index (κ2) is 9.64. The molecule has 30 heavy (non-hydrogen) atoms. The molecule has 3 aliphatic rings. The first kappa shape index (κ1) is 23.0. The summed E-state index contributed by atoms with van der Waals surface area (Å²) in [5, 5.41) is 9.99. The highest BCUT2D eigenvalue weighted by Crippen LogP contribution is 2.40. The molecule has 3 rings (SSSR count). The predicted octanol–water partition coefficient (Wildman–Crippen LogP) is 1.33. The highest BCUT2D eigenvalue weighted by atomic mass is 35.5. The van der Waals surface area contributed by atoms with Crippen molar-refractivity contribution in [1.82, 2.24) is 5.43 Å². The van der Waals surface area contributed by atoms with Crippen molar-refractivity contribution in [1.29, 1.82) is 0 Å². The molecule has 0 aromatic heterocycles. The van der Waals surface area contributed by atoms with Gasteiger partial charge in [-0.1, -0.05) is 17.0 Å². The van der Waals surface area contributed by atoms with Gasteiger partial charge in [-0.3, -0.25) is 9.59 Å². The second-order valence-corrected chi connectivity index (χ2v) is 8.79. The minimum absolute atomic E-state index is 0.0166. The van der Waals surface area contributed by atoms with Gasteiger partial charge in [0.1, 0.15) is 11.4 Å². The number of thioether (sulfide) groups is 1. The lowest BCUT2D eigenvalue weighted by Gasteiger charge is -2.25. The lowest BCUT2D eigenvalue weighted by molar-refractivity contribution is -0.414. The number of halogens is 2. The van der Waals surface area contributed by atoms with Crippen LogP contribution in [0.15, 0.2) is 26.7 Å². The van der Waals surface area contributed by atoms with E-state index in [0.29, 0.717) is 9.18 Å². The number of ether oxygens (including phenoxy) is 3. The van der Waals surface area contributed by atoms with Crippen LogP contribution in [-0.2, 0) is 23.8 Å². The Hall–Kier alpha value is -1.67. The van der Waals surface area contributed by atoms with Crippen LogP contribution in [0.25, 0.3) is 0 Å². The van der Waals surface area contributed by atoms with E-state index < -0.39 is 36.4 Å². The third kappa shape index (κ3) is 5.94. The Balaban J connectivity index is 1.61. The number of carbonyl (C=O) groups excluding carboxylic acids is 2. The standard InChI is InChI=1S/C16H18ClFN3O7S2/c1-8(22)27-10-4-26-5-11(10)28-15(23)7-29-12-2-13(16(18,24)3-9(12)17)19-14-6-30-21(25)20-14/h2,10-11,24H,3-7H2,1H3,(H,19,20,25)/q+1. The van der Waals surface area contributed by atoms with Gasteiger partial charge in [0.2, 0.25) is 0 Å². The van der Waals surface area contributed by atoms with E-state index in [1.54, 1.807) is 0 Å². The average Bonchev–Trinajstić information content (AvgIpc) is 3.24. The maximum absolute atomic E-state index is 14.5. The van der Waals surface area contributed by atoms with E-state index >= 15 is 0 Å². The molecule has 2 saturated heterocycles. The van der Waals surface area contributed by atoms with Crippen molar-refractivity contribution >= 4 is 53.1 Å². The Kier molecular flexibility index (Phi) is 7.39. The number of nitrogens with zero attached hydrogens (tertiary/aromatic N) is 2. The Morgan fingerprint density at radius 3 is 2.83 bits per heavy atom. The number of allylic oxidation sites excluding steroid dienone is 1. The summed E-state index contributed by atoms with van der Waals surface area (Å²) in [5.74, 6) is -3.72. The Morgan fingerprint density at radius 1 is 1.50 bits per heavy atom. The van der Waals surface area contributed by atoms with E-state index in [4.69, 9.17) is 25.8 Å². The summed E-state index contributed by atoms with van der Waals surface area (Å²) in [6, 6.07) is 0. The number of esters is 2. The number of aliphatic hydroxyl groups is 1. The van der Waals surface area contributed by atoms with Gasteiger partial charge in [0.25, 0.3) is 17.8 Å². The van der Waals surface area contributed by atoms with Gasteiger partial charge in [0, 0.05) is 23.3 Å². The lowest BCUT2D eigenvalue weighted by atomic mass is 10.1. The van der Waals surface area contributed by atoms with Crippen LogP contribution >= 0.6 is 35.3 Å². The molecule has 0 spiro atoms. The van der Waals surface area contributed by atoms with Gasteiger partial charge in [-0.25, -0.2) is 9.38 Å². The molecule has 164 valence electrons. The molecule has 3 unspecified atom stereocenters. The second-order valence-electron chi connectivity index (χ2n) is 6.44. The van der Waals surface area contributed by atoms with E-state index in [1.165, 1.54) is 13.0 Å². The smallest absolute Gasteiger partial charge is 0.316 e. The fraction of sp³-hybridized carbons (Fsp3) is 0.562. The van der Waals surface area contributed by atoms with E-state index in [9.17, 15) is 24.0 Å². The number of hydrazine groups is 1. The molecule has 0 bridgehead atoms. The number of amidine groups is 1. The third-order valence-electron chi connectivity index (χ3n) is 4.04. The van der Waals surface area contributed by atoms with Crippen LogP contribution in [0.4, 0.5) is 4.39 Å². The molecule has 2 fully saturated rings. The molecule has 0 saturated carbocycles. The van der Waals surface area contributed by atoms with Crippen LogP contribution in [0.1, 0.15) is 13.3 Å². The average molecular weight is 483 g/mol. The van der Waals surface area contributed by atoms with Crippen molar-refractivity contribution in [3.05, 3.63) is 26.6 Å². The number of hydrogen-bond acceptors (Lipinski definition) is 10. The van der Waals surface area contributed by atoms with Crippen LogP contribution < -0.4 is 5.43 Å². The fourth-order valence-corrected chi connectivity index (χ4v) is 4.41. The largest absolute Gasteiger partial charge is 0.456 e. The molecule has 2 aliphatic heterocycles. The first-order chi connectivity index (χ1) is 14.1. The fourth-order valence-electron chi connectivity index (χ4n) is 2.71. The van der Waals surface area contributed by atoms with Crippen LogP contribution in [0.2, 0.25) is 0 Å². The van der Waals surface area contributed by atoms with E-state index in [1.807, 2.05) is 0 Å². The van der Waals surface area contributed by atoms with Gasteiger partial charge in [-0.05, 0) is 6.08 Å². The first-order valence-electron chi connectivity index (χ1n) is 8.68. The number of alkyl halides is 1. The predicted molar refractivity (Wildman–Crippen MR) is 107 cm³/mol. The van der Waals surface area contributed by atoms with Crippen molar-refractivity contribution in [2.75, 3.05) is 24.7 Å². The molecule has 2 N–H and O–H groups in total. The topological polar surface area (TPSA) is 127 Å². The molecule has 2 heterocycles. The minimum atomic E-state index is -2.81. The van der Waals surface area contributed by atoms with Crippen LogP contribution in [-0.4, -0.2) is 69.9 Å². The third-order valence-corrected chi connectivity index (χ3v) is 6.27. The van der Waals surface area contributed by atoms with Crippen LogP contribution in [0, 0.1) is 4.91 Å². The van der Waals surface area contributed by atoms with Gasteiger partial charge in [-0.15, -0.1) is 11.8 Å². The number of rotatable bonds is 6. The van der Waals surface area contributed by atoms with Gasteiger partial charge < -0.3 is 19.3 Å². The molecule has 1 aliphatic carbocycles. The molecule has 14 heteroatoms. The van der Waals surface area contributed by atoms with E-state index in [0.717, 1.165) is 23.7 Å². The van der Waals surface area contributed by atoms with Crippen LogP contribution in [0.5, 0.6) is 0 Å². The zero-order chi connectivity index (χ0) is 21.9. The highest BCUT2D eigenvalue weighted by Gasteiger charge is 2.39. The van der Waals surface area contributed by atoms with Crippen molar-refractivity contribution in [2.45, 2.75) is 31.4 Å². The summed E-state index contributed by atoms with van der Waals surface area (Å²) in [6.07, 6.45) is -0.715. The van der Waals surface area contributed by atoms with Gasteiger partial charge in [0.05, 0.1) is 23.9 Å². The van der Waals surface area contributed by atoms with E-state index in [2.05, 4.69) is 10.4 Å². The van der Waals surface area contributed by atoms with Crippen molar-refractivity contribution in [3.63, 3.8) is 0 Å². The maximum Gasteiger partial charge on any atom is 0.316 e.